The highest BCUT2D eigenvalue weighted by Crippen LogP contribution is 2.22. The molecule has 0 saturated carbocycles. The summed E-state index contributed by atoms with van der Waals surface area (Å²) in [7, 11) is -3.08. The van der Waals surface area contributed by atoms with Crippen molar-refractivity contribution in [2.45, 2.75) is 37.8 Å². The summed E-state index contributed by atoms with van der Waals surface area (Å²) in [4.78, 5) is 14.6. The van der Waals surface area contributed by atoms with E-state index in [1.54, 1.807) is 0 Å². The van der Waals surface area contributed by atoms with Gasteiger partial charge < -0.3 is 5.32 Å². The molecule has 0 aromatic heterocycles. The van der Waals surface area contributed by atoms with Crippen molar-refractivity contribution in [3.8, 4) is 0 Å². The summed E-state index contributed by atoms with van der Waals surface area (Å²) < 4.78 is 25.1. The van der Waals surface area contributed by atoms with Crippen LogP contribution in [0.2, 0.25) is 0 Å². The largest absolute Gasteiger partial charge is 0.350 e. The molecule has 1 aromatic rings. The molecule has 132 valence electrons. The van der Waals surface area contributed by atoms with Crippen LogP contribution in [-0.4, -0.2) is 55.9 Å². The highest BCUT2D eigenvalue weighted by molar-refractivity contribution is 9.10. The highest BCUT2D eigenvalue weighted by atomic mass is 79.9. The zero-order valence-electron chi connectivity index (χ0n) is 13.6. The zero-order chi connectivity index (χ0) is 17.2. The molecule has 2 fully saturated rings. The lowest BCUT2D eigenvalue weighted by Gasteiger charge is -2.35. The average molecular weight is 415 g/mol. The monoisotopic (exact) mass is 414 g/mol. The van der Waals surface area contributed by atoms with E-state index in [-0.39, 0.29) is 35.9 Å². The molecule has 0 spiro atoms. The van der Waals surface area contributed by atoms with Crippen LogP contribution in [0, 0.1) is 0 Å². The topological polar surface area (TPSA) is 66.5 Å². The van der Waals surface area contributed by atoms with Gasteiger partial charge in [0.05, 0.1) is 24.0 Å². The van der Waals surface area contributed by atoms with E-state index >= 15 is 0 Å². The summed E-state index contributed by atoms with van der Waals surface area (Å²) in [6, 6.07) is 7.23. The number of nitrogens with one attached hydrogen (secondary N) is 1. The first kappa shape index (κ1) is 17.9. The van der Waals surface area contributed by atoms with Crippen LogP contribution >= 0.6 is 15.9 Å². The van der Waals surface area contributed by atoms with Crippen molar-refractivity contribution in [3.05, 3.63) is 34.3 Å². The molecule has 7 heteroatoms. The average Bonchev–Trinajstić information content (AvgIpc) is 2.85. The molecule has 24 heavy (non-hydrogen) atoms. The Kier molecular flexibility index (Phi) is 5.62. The third-order valence-electron chi connectivity index (χ3n) is 4.81. The van der Waals surface area contributed by atoms with Crippen LogP contribution in [-0.2, 0) is 21.1 Å². The Labute approximate surface area is 151 Å². The molecule has 2 unspecified atom stereocenters. The number of piperidine rings is 1. The predicted molar refractivity (Wildman–Crippen MR) is 97.6 cm³/mol. The SMILES string of the molecule is O=C(Cc1ccc(Br)cc1)NC1CS(=O)(=O)CC1N1CCCCC1. The van der Waals surface area contributed by atoms with E-state index in [2.05, 4.69) is 26.1 Å². The van der Waals surface area contributed by atoms with Crippen LogP contribution in [0.5, 0.6) is 0 Å². The Morgan fingerprint density at radius 1 is 1.12 bits per heavy atom. The second-order valence-corrected chi connectivity index (χ2v) is 9.79. The normalized spacial score (nSPS) is 27.0. The Balaban J connectivity index is 1.64. The molecular formula is C17H23BrN2O3S. The van der Waals surface area contributed by atoms with Gasteiger partial charge in [-0.05, 0) is 43.6 Å². The first-order valence-corrected chi connectivity index (χ1v) is 11.0. The van der Waals surface area contributed by atoms with Crippen LogP contribution < -0.4 is 5.32 Å². The van der Waals surface area contributed by atoms with Crippen LogP contribution in [0.1, 0.15) is 24.8 Å². The Morgan fingerprint density at radius 3 is 2.46 bits per heavy atom. The molecule has 0 radical (unpaired) electrons. The van der Waals surface area contributed by atoms with Gasteiger partial charge in [-0.15, -0.1) is 0 Å². The molecule has 2 saturated heterocycles. The molecule has 0 aliphatic carbocycles. The van der Waals surface area contributed by atoms with Gasteiger partial charge in [0.2, 0.25) is 5.91 Å². The maximum atomic E-state index is 12.4. The number of carbonyl (C=O) groups is 1. The Morgan fingerprint density at radius 2 is 1.79 bits per heavy atom. The van der Waals surface area contributed by atoms with Crippen molar-refractivity contribution in [1.82, 2.24) is 10.2 Å². The maximum absolute atomic E-state index is 12.4. The van der Waals surface area contributed by atoms with E-state index in [1.807, 2.05) is 24.3 Å². The minimum absolute atomic E-state index is 0.0558. The number of benzene rings is 1. The maximum Gasteiger partial charge on any atom is 0.224 e. The number of halogens is 1. The molecule has 0 bridgehead atoms. The first-order chi connectivity index (χ1) is 11.4. The smallest absolute Gasteiger partial charge is 0.224 e. The summed E-state index contributed by atoms with van der Waals surface area (Å²) in [5, 5.41) is 2.97. The van der Waals surface area contributed by atoms with E-state index in [1.165, 1.54) is 6.42 Å². The number of rotatable bonds is 4. The quantitative estimate of drug-likeness (QED) is 0.814. The third-order valence-corrected chi connectivity index (χ3v) is 7.05. The standard InChI is InChI=1S/C17H23BrN2O3S/c18-14-6-4-13(5-7-14)10-17(21)19-15-11-24(22,23)12-16(15)20-8-2-1-3-9-20/h4-7,15-16H,1-3,8-12H2,(H,19,21). The summed E-state index contributed by atoms with van der Waals surface area (Å²) in [6.07, 6.45) is 3.69. The second-order valence-electron chi connectivity index (χ2n) is 6.72. The fraction of sp³-hybridized carbons (Fsp3) is 0.588. The van der Waals surface area contributed by atoms with E-state index in [9.17, 15) is 13.2 Å². The number of amides is 1. The minimum Gasteiger partial charge on any atom is -0.350 e. The first-order valence-electron chi connectivity index (χ1n) is 8.41. The van der Waals surface area contributed by atoms with E-state index in [0.717, 1.165) is 36.0 Å². The fourth-order valence-electron chi connectivity index (χ4n) is 3.62. The molecular weight excluding hydrogens is 392 g/mol. The van der Waals surface area contributed by atoms with Crippen molar-refractivity contribution >= 4 is 31.7 Å². The Bertz CT molecular complexity index is 684. The molecule has 1 aromatic carbocycles. The second kappa shape index (κ2) is 7.54. The van der Waals surface area contributed by atoms with Gasteiger partial charge in [-0.25, -0.2) is 8.42 Å². The molecule has 2 atom stereocenters. The molecule has 2 aliphatic heterocycles. The summed E-state index contributed by atoms with van der Waals surface area (Å²) in [5.41, 5.74) is 0.922. The molecule has 5 nitrogen and oxygen atoms in total. The van der Waals surface area contributed by atoms with Gasteiger partial charge in [0.15, 0.2) is 9.84 Å². The van der Waals surface area contributed by atoms with E-state index < -0.39 is 9.84 Å². The molecule has 2 heterocycles. The van der Waals surface area contributed by atoms with Crippen molar-refractivity contribution < 1.29 is 13.2 Å². The lowest BCUT2D eigenvalue weighted by molar-refractivity contribution is -0.121. The van der Waals surface area contributed by atoms with Crippen LogP contribution in [0.3, 0.4) is 0 Å². The van der Waals surface area contributed by atoms with Crippen LogP contribution in [0.15, 0.2) is 28.7 Å². The fourth-order valence-corrected chi connectivity index (χ4v) is 5.84. The van der Waals surface area contributed by atoms with E-state index in [4.69, 9.17) is 0 Å². The number of carbonyl (C=O) groups excluding carboxylic acids is 1. The summed E-state index contributed by atoms with van der Waals surface area (Å²) >= 11 is 3.37. The van der Waals surface area contributed by atoms with Crippen LogP contribution in [0.4, 0.5) is 0 Å². The van der Waals surface area contributed by atoms with Gasteiger partial charge in [0.1, 0.15) is 0 Å². The third kappa shape index (κ3) is 4.58. The van der Waals surface area contributed by atoms with Gasteiger partial charge in [0.25, 0.3) is 0 Å². The number of sulfone groups is 1. The summed E-state index contributed by atoms with van der Waals surface area (Å²) in [6.45, 7) is 1.86. The van der Waals surface area contributed by atoms with Gasteiger partial charge in [0, 0.05) is 10.5 Å². The van der Waals surface area contributed by atoms with Crippen LogP contribution in [0.25, 0.3) is 0 Å². The van der Waals surface area contributed by atoms with Gasteiger partial charge >= 0.3 is 0 Å². The molecule has 2 aliphatic rings. The molecule has 1 N–H and O–H groups in total. The van der Waals surface area contributed by atoms with Gasteiger partial charge in [-0.2, -0.15) is 0 Å². The number of hydrogen-bond donors (Lipinski definition) is 1. The van der Waals surface area contributed by atoms with Crippen molar-refractivity contribution in [2.75, 3.05) is 24.6 Å². The molecule has 3 rings (SSSR count). The van der Waals surface area contributed by atoms with Crippen molar-refractivity contribution in [3.63, 3.8) is 0 Å². The number of hydrogen-bond acceptors (Lipinski definition) is 4. The Hall–Kier alpha value is -0.920. The lowest BCUT2D eigenvalue weighted by Crippen LogP contribution is -2.52. The number of likely N-dealkylation sites (tertiary alicyclic amines) is 1. The number of nitrogens with zero attached hydrogens (tertiary/aromatic N) is 1. The van der Waals surface area contributed by atoms with Gasteiger partial charge in [-0.1, -0.05) is 34.5 Å². The predicted octanol–water partition coefficient (Wildman–Crippen LogP) is 1.76. The van der Waals surface area contributed by atoms with Crippen molar-refractivity contribution in [2.24, 2.45) is 0 Å². The van der Waals surface area contributed by atoms with Gasteiger partial charge in [-0.3, -0.25) is 9.69 Å². The minimum atomic E-state index is -3.08. The summed E-state index contributed by atoms with van der Waals surface area (Å²) in [5.74, 6) is 0.109. The van der Waals surface area contributed by atoms with Crippen molar-refractivity contribution in [1.29, 1.82) is 0 Å². The molecule has 1 amide bonds. The highest BCUT2D eigenvalue weighted by Gasteiger charge is 2.41. The van der Waals surface area contributed by atoms with E-state index in [0.29, 0.717) is 0 Å². The zero-order valence-corrected chi connectivity index (χ0v) is 16.0. The lowest BCUT2D eigenvalue weighted by atomic mass is 10.0.